The molecule has 1 heterocycles. The second-order valence-corrected chi connectivity index (χ2v) is 3.29. The van der Waals surface area contributed by atoms with Gasteiger partial charge in [-0.3, -0.25) is 4.79 Å². The molecule has 1 aliphatic heterocycles. The number of hydrogen-bond donors (Lipinski definition) is 0. The fourth-order valence-corrected chi connectivity index (χ4v) is 1.55. The van der Waals surface area contributed by atoms with E-state index in [1.54, 1.807) is 11.1 Å². The number of ether oxygens (including phenoxy) is 1. The number of carbonyl (C=O) groups is 1. The molecule has 0 aliphatic carbocycles. The van der Waals surface area contributed by atoms with Crippen LogP contribution >= 0.6 is 0 Å². The zero-order valence-electron chi connectivity index (χ0n) is 8.16. The van der Waals surface area contributed by atoms with E-state index in [9.17, 15) is 4.79 Å². The van der Waals surface area contributed by atoms with Crippen LogP contribution in [0, 0.1) is 0 Å². The van der Waals surface area contributed by atoms with Gasteiger partial charge in [0, 0.05) is 6.20 Å². The molecule has 1 saturated heterocycles. The smallest absolute Gasteiger partial charge is 0.252 e. The van der Waals surface area contributed by atoms with E-state index in [0.29, 0.717) is 6.61 Å². The van der Waals surface area contributed by atoms with Crippen molar-refractivity contribution < 1.29 is 9.53 Å². The van der Waals surface area contributed by atoms with Gasteiger partial charge in [-0.1, -0.05) is 26.3 Å². The number of unbranched alkanes of at least 4 members (excludes halogenated alkanes) is 1. The van der Waals surface area contributed by atoms with Crippen molar-refractivity contribution in [1.29, 1.82) is 0 Å². The van der Waals surface area contributed by atoms with Crippen LogP contribution in [0.15, 0.2) is 12.8 Å². The first kappa shape index (κ1) is 10.3. The van der Waals surface area contributed by atoms with Crippen LogP contribution < -0.4 is 0 Å². The van der Waals surface area contributed by atoms with Crippen molar-refractivity contribution in [2.75, 3.05) is 13.2 Å². The summed E-state index contributed by atoms with van der Waals surface area (Å²) in [5.41, 5.74) is 0. The van der Waals surface area contributed by atoms with E-state index >= 15 is 0 Å². The number of carbonyl (C=O) groups excluding carboxylic acids is 1. The van der Waals surface area contributed by atoms with E-state index < -0.39 is 0 Å². The molecule has 3 nitrogen and oxygen atoms in total. The van der Waals surface area contributed by atoms with Crippen LogP contribution in [0.2, 0.25) is 0 Å². The van der Waals surface area contributed by atoms with Crippen LogP contribution in [-0.4, -0.2) is 30.1 Å². The molecule has 0 aromatic heterocycles. The van der Waals surface area contributed by atoms with E-state index in [0.717, 1.165) is 19.3 Å². The van der Waals surface area contributed by atoms with Gasteiger partial charge >= 0.3 is 0 Å². The number of morpholine rings is 1. The first-order chi connectivity index (χ1) is 6.29. The zero-order valence-corrected chi connectivity index (χ0v) is 8.16. The summed E-state index contributed by atoms with van der Waals surface area (Å²) in [6, 6.07) is 0.207. The summed E-state index contributed by atoms with van der Waals surface area (Å²) in [6.07, 6.45) is 4.90. The molecule has 0 spiro atoms. The Balaban J connectivity index is 2.49. The first-order valence-electron chi connectivity index (χ1n) is 4.81. The molecule has 0 radical (unpaired) electrons. The number of hydrogen-bond acceptors (Lipinski definition) is 2. The van der Waals surface area contributed by atoms with Gasteiger partial charge < -0.3 is 9.64 Å². The van der Waals surface area contributed by atoms with Crippen molar-refractivity contribution in [3.8, 4) is 0 Å². The summed E-state index contributed by atoms with van der Waals surface area (Å²) in [4.78, 5) is 13.0. The summed E-state index contributed by atoms with van der Waals surface area (Å²) >= 11 is 0. The summed E-state index contributed by atoms with van der Waals surface area (Å²) in [6.45, 7) is 6.64. The monoisotopic (exact) mass is 183 g/mol. The van der Waals surface area contributed by atoms with Crippen LogP contribution in [0.25, 0.3) is 0 Å². The van der Waals surface area contributed by atoms with Gasteiger partial charge in [-0.05, 0) is 6.42 Å². The highest BCUT2D eigenvalue weighted by molar-refractivity contribution is 5.79. The standard InChI is InChI=1S/C10H17NO2/c1-3-5-6-9-7-13-8-10(12)11(9)4-2/h4,9H,2-3,5-8H2,1H3. The lowest BCUT2D eigenvalue weighted by molar-refractivity contribution is -0.143. The second-order valence-electron chi connectivity index (χ2n) is 3.29. The molecule has 1 atom stereocenters. The van der Waals surface area contributed by atoms with Gasteiger partial charge in [-0.15, -0.1) is 0 Å². The first-order valence-corrected chi connectivity index (χ1v) is 4.81. The van der Waals surface area contributed by atoms with Crippen molar-refractivity contribution in [2.45, 2.75) is 32.2 Å². The molecule has 0 saturated carbocycles. The lowest BCUT2D eigenvalue weighted by Crippen LogP contribution is -2.46. The number of rotatable bonds is 4. The molecule has 0 aromatic rings. The summed E-state index contributed by atoms with van der Waals surface area (Å²) in [5, 5.41) is 0. The van der Waals surface area contributed by atoms with Gasteiger partial charge in [0.2, 0.25) is 0 Å². The van der Waals surface area contributed by atoms with Crippen molar-refractivity contribution in [3.63, 3.8) is 0 Å². The summed E-state index contributed by atoms with van der Waals surface area (Å²) in [7, 11) is 0. The van der Waals surface area contributed by atoms with E-state index in [1.165, 1.54) is 0 Å². The Kier molecular flexibility index (Phi) is 3.96. The quantitative estimate of drug-likeness (QED) is 0.661. The maximum absolute atomic E-state index is 11.3. The molecule has 74 valence electrons. The summed E-state index contributed by atoms with van der Waals surface area (Å²) < 4.78 is 5.18. The molecule has 0 N–H and O–H groups in total. The molecular weight excluding hydrogens is 166 g/mol. The molecule has 1 aliphatic rings. The number of amides is 1. The van der Waals surface area contributed by atoms with Gasteiger partial charge in [0.1, 0.15) is 6.61 Å². The lowest BCUT2D eigenvalue weighted by atomic mass is 10.1. The third-order valence-corrected chi connectivity index (χ3v) is 2.30. The van der Waals surface area contributed by atoms with Gasteiger partial charge in [0.15, 0.2) is 0 Å². The second kappa shape index (κ2) is 5.02. The van der Waals surface area contributed by atoms with E-state index in [1.807, 2.05) is 0 Å². The van der Waals surface area contributed by atoms with Gasteiger partial charge in [0.25, 0.3) is 5.91 Å². The average molecular weight is 183 g/mol. The normalized spacial score (nSPS) is 23.3. The molecule has 0 bridgehead atoms. The maximum Gasteiger partial charge on any atom is 0.252 e. The molecular formula is C10H17NO2. The Morgan fingerprint density at radius 3 is 3.15 bits per heavy atom. The third-order valence-electron chi connectivity index (χ3n) is 2.30. The molecule has 1 unspecified atom stereocenters. The SMILES string of the molecule is C=CN1C(=O)COCC1CCCC. The predicted octanol–water partition coefficient (Wildman–Crippen LogP) is 1.55. The maximum atomic E-state index is 11.3. The fraction of sp³-hybridized carbons (Fsp3) is 0.700. The molecule has 1 amide bonds. The van der Waals surface area contributed by atoms with E-state index in [4.69, 9.17) is 4.74 Å². The Labute approximate surface area is 79.4 Å². The van der Waals surface area contributed by atoms with Crippen LogP contribution in [0.3, 0.4) is 0 Å². The zero-order chi connectivity index (χ0) is 9.68. The van der Waals surface area contributed by atoms with Gasteiger partial charge in [-0.25, -0.2) is 0 Å². The minimum Gasteiger partial charge on any atom is -0.369 e. The third kappa shape index (κ3) is 2.56. The Morgan fingerprint density at radius 2 is 2.54 bits per heavy atom. The van der Waals surface area contributed by atoms with E-state index in [2.05, 4.69) is 13.5 Å². The van der Waals surface area contributed by atoms with Crippen molar-refractivity contribution in [2.24, 2.45) is 0 Å². The van der Waals surface area contributed by atoms with Crippen LogP contribution in [0.5, 0.6) is 0 Å². The minimum absolute atomic E-state index is 0.0300. The minimum atomic E-state index is 0.0300. The Morgan fingerprint density at radius 1 is 1.77 bits per heavy atom. The molecule has 1 fully saturated rings. The Bertz CT molecular complexity index is 191. The van der Waals surface area contributed by atoms with Crippen molar-refractivity contribution in [3.05, 3.63) is 12.8 Å². The molecule has 13 heavy (non-hydrogen) atoms. The highest BCUT2D eigenvalue weighted by atomic mass is 16.5. The highest BCUT2D eigenvalue weighted by Crippen LogP contribution is 2.14. The van der Waals surface area contributed by atoms with Crippen molar-refractivity contribution in [1.82, 2.24) is 4.90 Å². The lowest BCUT2D eigenvalue weighted by Gasteiger charge is -2.32. The van der Waals surface area contributed by atoms with Crippen LogP contribution in [0.4, 0.5) is 0 Å². The molecule has 1 rings (SSSR count). The Hall–Kier alpha value is -0.830. The summed E-state index contributed by atoms with van der Waals surface area (Å²) in [5.74, 6) is 0.0300. The average Bonchev–Trinajstić information content (AvgIpc) is 2.15. The topological polar surface area (TPSA) is 29.5 Å². The number of nitrogens with zero attached hydrogens (tertiary/aromatic N) is 1. The highest BCUT2D eigenvalue weighted by Gasteiger charge is 2.25. The molecule has 3 heteroatoms. The fourth-order valence-electron chi connectivity index (χ4n) is 1.55. The van der Waals surface area contributed by atoms with Crippen LogP contribution in [-0.2, 0) is 9.53 Å². The van der Waals surface area contributed by atoms with E-state index in [-0.39, 0.29) is 18.6 Å². The predicted molar refractivity (Wildman–Crippen MR) is 51.2 cm³/mol. The van der Waals surface area contributed by atoms with Crippen LogP contribution in [0.1, 0.15) is 26.2 Å². The largest absolute Gasteiger partial charge is 0.369 e. The molecule has 0 aromatic carbocycles. The van der Waals surface area contributed by atoms with Gasteiger partial charge in [-0.2, -0.15) is 0 Å². The van der Waals surface area contributed by atoms with Crippen molar-refractivity contribution >= 4 is 5.91 Å². The van der Waals surface area contributed by atoms with Gasteiger partial charge in [0.05, 0.1) is 12.6 Å².